The number of aromatic nitrogens is 1. The highest BCUT2D eigenvalue weighted by Gasteiger charge is 2.42. The van der Waals surface area contributed by atoms with Crippen molar-refractivity contribution < 1.29 is 17.6 Å². The number of hydrogen-bond donors (Lipinski definition) is 2. The summed E-state index contributed by atoms with van der Waals surface area (Å²) in [6, 6.07) is -0.175. The molecule has 0 spiro atoms. The molecule has 10 heteroatoms. The van der Waals surface area contributed by atoms with E-state index >= 15 is 0 Å². The van der Waals surface area contributed by atoms with Crippen LogP contribution in [0.25, 0.3) is 0 Å². The lowest BCUT2D eigenvalue weighted by molar-refractivity contribution is -0.183. The van der Waals surface area contributed by atoms with Gasteiger partial charge in [0.25, 0.3) is 0 Å². The van der Waals surface area contributed by atoms with Crippen molar-refractivity contribution in [1.82, 2.24) is 20.5 Å². The van der Waals surface area contributed by atoms with Crippen LogP contribution in [-0.2, 0) is 6.54 Å². The molecule has 2 N–H and O–H groups in total. The van der Waals surface area contributed by atoms with Crippen LogP contribution in [0.4, 0.5) is 13.2 Å². The minimum absolute atomic E-state index is 0. The van der Waals surface area contributed by atoms with Crippen LogP contribution in [-0.4, -0.2) is 54.7 Å². The zero-order valence-electron chi connectivity index (χ0n) is 18.6. The fraction of sp³-hybridized carbons (Fsp3) is 0.810. The van der Waals surface area contributed by atoms with Gasteiger partial charge in [0.05, 0.1) is 18.2 Å². The zero-order chi connectivity index (χ0) is 21.7. The average Bonchev–Trinajstić information content (AvgIpc) is 3.02. The van der Waals surface area contributed by atoms with Crippen LogP contribution in [0.3, 0.4) is 0 Å². The fourth-order valence-corrected chi connectivity index (χ4v) is 4.39. The minimum Gasteiger partial charge on any atom is -0.444 e. The first kappa shape index (κ1) is 26.2. The van der Waals surface area contributed by atoms with E-state index in [0.717, 1.165) is 62.8 Å². The summed E-state index contributed by atoms with van der Waals surface area (Å²) in [5.74, 6) is 1.57. The summed E-state index contributed by atoms with van der Waals surface area (Å²) in [5, 5.41) is 6.53. The van der Waals surface area contributed by atoms with E-state index in [-0.39, 0.29) is 42.9 Å². The molecule has 0 radical (unpaired) electrons. The third kappa shape index (κ3) is 7.80. The normalized spacial score (nSPS) is 24.0. The fourth-order valence-electron chi connectivity index (χ4n) is 4.39. The Balaban J connectivity index is 0.00000341. The molecule has 1 aliphatic carbocycles. The van der Waals surface area contributed by atoms with Crippen molar-refractivity contribution in [2.24, 2.45) is 16.8 Å². The number of piperidine rings is 1. The number of nitrogens with one attached hydrogen (secondary N) is 2. The number of hydrogen-bond acceptors (Lipinski definition) is 4. The maximum atomic E-state index is 13.0. The van der Waals surface area contributed by atoms with Gasteiger partial charge in [0.1, 0.15) is 5.76 Å². The Morgan fingerprint density at radius 3 is 2.48 bits per heavy atom. The number of halogens is 4. The van der Waals surface area contributed by atoms with E-state index in [2.05, 4.69) is 25.5 Å². The lowest BCUT2D eigenvalue weighted by Gasteiger charge is -2.33. The number of oxazole rings is 1. The Morgan fingerprint density at radius 1 is 1.19 bits per heavy atom. The van der Waals surface area contributed by atoms with Crippen molar-refractivity contribution >= 4 is 29.9 Å². The van der Waals surface area contributed by atoms with Gasteiger partial charge in [0.15, 0.2) is 5.96 Å². The molecule has 0 aromatic carbocycles. The van der Waals surface area contributed by atoms with Gasteiger partial charge in [0, 0.05) is 19.6 Å². The summed E-state index contributed by atoms with van der Waals surface area (Å²) in [5.41, 5.74) is 0.947. The second-order valence-corrected chi connectivity index (χ2v) is 8.67. The van der Waals surface area contributed by atoms with E-state index in [1.807, 2.05) is 13.8 Å². The largest absolute Gasteiger partial charge is 0.444 e. The van der Waals surface area contributed by atoms with Crippen molar-refractivity contribution in [2.75, 3.05) is 26.7 Å². The summed E-state index contributed by atoms with van der Waals surface area (Å²) in [4.78, 5) is 11.0. The number of rotatable bonds is 5. The van der Waals surface area contributed by atoms with E-state index < -0.39 is 12.1 Å². The lowest BCUT2D eigenvalue weighted by atomic mass is 9.85. The summed E-state index contributed by atoms with van der Waals surface area (Å²) >= 11 is 0. The molecule has 2 fully saturated rings. The predicted molar refractivity (Wildman–Crippen MR) is 126 cm³/mol. The van der Waals surface area contributed by atoms with Crippen LogP contribution in [0.15, 0.2) is 9.41 Å². The number of aliphatic imine (C=N–C) groups is 1. The van der Waals surface area contributed by atoms with Crippen LogP contribution in [0, 0.1) is 25.7 Å². The molecule has 1 saturated carbocycles. The lowest BCUT2D eigenvalue weighted by Crippen LogP contribution is -2.48. The Labute approximate surface area is 199 Å². The van der Waals surface area contributed by atoms with Gasteiger partial charge in [-0.25, -0.2) is 4.98 Å². The van der Waals surface area contributed by atoms with Crippen molar-refractivity contribution in [3.63, 3.8) is 0 Å². The average molecular weight is 557 g/mol. The maximum absolute atomic E-state index is 13.0. The van der Waals surface area contributed by atoms with Crippen LogP contribution in [0.2, 0.25) is 0 Å². The van der Waals surface area contributed by atoms with Gasteiger partial charge in [-0.1, -0.05) is 6.42 Å². The quantitative estimate of drug-likeness (QED) is 0.319. The first-order valence-corrected chi connectivity index (χ1v) is 10.9. The second kappa shape index (κ2) is 11.7. The molecule has 2 heterocycles. The molecule has 3 rings (SSSR count). The van der Waals surface area contributed by atoms with Gasteiger partial charge in [-0.05, 0) is 65.0 Å². The third-order valence-corrected chi connectivity index (χ3v) is 6.40. The van der Waals surface area contributed by atoms with E-state index in [9.17, 15) is 13.2 Å². The van der Waals surface area contributed by atoms with E-state index in [1.165, 1.54) is 0 Å². The molecular formula is C21H35F3IN5O. The Kier molecular flexibility index (Phi) is 9.91. The molecule has 0 amide bonds. The Hall–Kier alpha value is -1.04. The summed E-state index contributed by atoms with van der Waals surface area (Å²) in [6.07, 6.45) is -0.272. The standard InChI is InChI=1S/C21H34F3N5O.HI/c1-14-15(2)30-19(27-14)13-29-9-7-16(8-10-29)12-26-20(25-3)28-18-6-4-5-17(11-18)21(22,23)24;/h16-18H,4-13H2,1-3H3,(H2,25,26,28);1H. The molecule has 1 aliphatic heterocycles. The molecule has 2 unspecified atom stereocenters. The summed E-state index contributed by atoms with van der Waals surface area (Å²) < 4.78 is 44.8. The van der Waals surface area contributed by atoms with Gasteiger partial charge >= 0.3 is 6.18 Å². The first-order valence-electron chi connectivity index (χ1n) is 10.9. The summed E-state index contributed by atoms with van der Waals surface area (Å²) in [6.45, 7) is 7.36. The molecule has 2 atom stereocenters. The highest BCUT2D eigenvalue weighted by atomic mass is 127. The monoisotopic (exact) mass is 557 g/mol. The van der Waals surface area contributed by atoms with Gasteiger partial charge in [-0.3, -0.25) is 9.89 Å². The molecule has 178 valence electrons. The van der Waals surface area contributed by atoms with Crippen LogP contribution < -0.4 is 10.6 Å². The molecule has 0 bridgehead atoms. The molecule has 6 nitrogen and oxygen atoms in total. The third-order valence-electron chi connectivity index (χ3n) is 6.40. The molecule has 1 aromatic heterocycles. The Bertz CT molecular complexity index is 697. The topological polar surface area (TPSA) is 65.7 Å². The van der Waals surface area contributed by atoms with Crippen LogP contribution in [0.5, 0.6) is 0 Å². The smallest absolute Gasteiger partial charge is 0.391 e. The van der Waals surface area contributed by atoms with Crippen molar-refractivity contribution in [3.8, 4) is 0 Å². The van der Waals surface area contributed by atoms with Gasteiger partial charge in [0.2, 0.25) is 5.89 Å². The second-order valence-electron chi connectivity index (χ2n) is 8.67. The van der Waals surface area contributed by atoms with Crippen LogP contribution >= 0.6 is 24.0 Å². The van der Waals surface area contributed by atoms with Gasteiger partial charge < -0.3 is 15.1 Å². The maximum Gasteiger partial charge on any atom is 0.391 e. The molecular weight excluding hydrogens is 522 g/mol. The van der Waals surface area contributed by atoms with Gasteiger partial charge in [-0.15, -0.1) is 24.0 Å². The van der Waals surface area contributed by atoms with E-state index in [1.54, 1.807) is 7.05 Å². The number of likely N-dealkylation sites (tertiary alicyclic amines) is 1. The van der Waals surface area contributed by atoms with Crippen molar-refractivity contribution in [2.45, 2.75) is 71.1 Å². The van der Waals surface area contributed by atoms with Crippen molar-refractivity contribution in [3.05, 3.63) is 17.3 Å². The molecule has 1 saturated heterocycles. The molecule has 31 heavy (non-hydrogen) atoms. The van der Waals surface area contributed by atoms with Crippen LogP contribution in [0.1, 0.15) is 55.9 Å². The SMILES string of the molecule is CN=C(NCC1CCN(Cc2nc(C)c(C)o2)CC1)NC1CCCC(C(F)(F)F)C1.I. The van der Waals surface area contributed by atoms with Crippen molar-refractivity contribution in [1.29, 1.82) is 0 Å². The zero-order valence-corrected chi connectivity index (χ0v) is 20.9. The number of aryl methyl sites for hydroxylation is 2. The van der Waals surface area contributed by atoms with E-state index in [4.69, 9.17) is 4.42 Å². The Morgan fingerprint density at radius 2 is 1.90 bits per heavy atom. The summed E-state index contributed by atoms with van der Waals surface area (Å²) in [7, 11) is 1.67. The number of guanidine groups is 1. The first-order chi connectivity index (χ1) is 14.2. The van der Waals surface area contributed by atoms with E-state index in [0.29, 0.717) is 18.3 Å². The molecule has 2 aliphatic rings. The molecule has 1 aromatic rings. The highest BCUT2D eigenvalue weighted by Crippen LogP contribution is 2.37. The highest BCUT2D eigenvalue weighted by molar-refractivity contribution is 14.0. The minimum atomic E-state index is -4.10. The number of alkyl halides is 3. The van der Waals surface area contributed by atoms with Gasteiger partial charge in [-0.2, -0.15) is 13.2 Å². The number of nitrogens with zero attached hydrogens (tertiary/aromatic N) is 3. The predicted octanol–water partition coefficient (Wildman–Crippen LogP) is 4.41.